The van der Waals surface area contributed by atoms with Gasteiger partial charge in [-0.05, 0) is 6.92 Å². The predicted octanol–water partition coefficient (Wildman–Crippen LogP) is 0.649. The Bertz CT molecular complexity index is 386. The van der Waals surface area contributed by atoms with E-state index in [1.807, 2.05) is 0 Å². The van der Waals surface area contributed by atoms with E-state index in [1.165, 1.54) is 6.92 Å². The van der Waals surface area contributed by atoms with E-state index < -0.39 is 15.1 Å². The Morgan fingerprint density at radius 3 is 2.62 bits per heavy atom. The van der Waals surface area contributed by atoms with Gasteiger partial charge in [0.1, 0.15) is 11.1 Å². The van der Waals surface area contributed by atoms with Crippen LogP contribution in [-0.2, 0) is 15.7 Å². The first-order valence-corrected chi connectivity index (χ1v) is 6.10. The Morgan fingerprint density at radius 1 is 1.62 bits per heavy atom. The molecular formula is C6H10ClN3O2S. The Labute approximate surface area is 81.4 Å². The second-order valence-corrected chi connectivity index (χ2v) is 5.38. The molecule has 1 N–H and O–H groups in total. The average Bonchev–Trinajstić information content (AvgIpc) is 2.48. The van der Waals surface area contributed by atoms with E-state index >= 15 is 0 Å². The van der Waals surface area contributed by atoms with Crippen molar-refractivity contribution < 1.29 is 8.42 Å². The summed E-state index contributed by atoms with van der Waals surface area (Å²) in [5, 5.41) is 5.61. The van der Waals surface area contributed by atoms with Gasteiger partial charge < -0.3 is 0 Å². The summed E-state index contributed by atoms with van der Waals surface area (Å²) in [7, 11) is -3.14. The van der Waals surface area contributed by atoms with Crippen LogP contribution in [0.4, 0.5) is 0 Å². The van der Waals surface area contributed by atoms with Gasteiger partial charge in [0.15, 0.2) is 15.7 Å². The topological polar surface area (TPSA) is 75.7 Å². The fraction of sp³-hybridized carbons (Fsp3) is 0.667. The lowest BCUT2D eigenvalue weighted by Gasteiger charge is -2.02. The highest BCUT2D eigenvalue weighted by Crippen LogP contribution is 2.16. The molecule has 0 aliphatic carbocycles. The molecule has 0 radical (unpaired) electrons. The Kier molecular flexibility index (Phi) is 2.92. The predicted molar refractivity (Wildman–Crippen MR) is 49.2 cm³/mol. The van der Waals surface area contributed by atoms with Crippen LogP contribution in [0, 0.1) is 0 Å². The van der Waals surface area contributed by atoms with Crippen LogP contribution in [0.15, 0.2) is 0 Å². The summed E-state index contributed by atoms with van der Waals surface area (Å²) in [6, 6.07) is 0. The molecule has 0 fully saturated rings. The van der Waals surface area contributed by atoms with Crippen molar-refractivity contribution in [3.63, 3.8) is 0 Å². The van der Waals surface area contributed by atoms with Gasteiger partial charge in [-0.2, -0.15) is 5.10 Å². The molecule has 0 aliphatic heterocycles. The molecule has 5 nitrogen and oxygen atoms in total. The minimum absolute atomic E-state index is 0.198. The van der Waals surface area contributed by atoms with E-state index in [9.17, 15) is 8.42 Å². The number of rotatable bonds is 3. The van der Waals surface area contributed by atoms with Crippen molar-refractivity contribution in [1.29, 1.82) is 0 Å². The minimum atomic E-state index is -3.14. The molecule has 0 bridgehead atoms. The molecule has 0 aromatic carbocycles. The number of aromatic nitrogens is 3. The third kappa shape index (κ3) is 2.41. The zero-order valence-corrected chi connectivity index (χ0v) is 8.85. The SMILES string of the molecule is CC(c1n[nH]c(CCl)n1)S(C)(=O)=O. The van der Waals surface area contributed by atoms with Gasteiger partial charge in [0, 0.05) is 6.26 Å². The molecule has 7 heteroatoms. The summed E-state index contributed by atoms with van der Waals surface area (Å²) in [5.74, 6) is 0.939. The van der Waals surface area contributed by atoms with Crippen LogP contribution in [0.25, 0.3) is 0 Å². The van der Waals surface area contributed by atoms with Crippen LogP contribution >= 0.6 is 11.6 Å². The molecule has 1 atom stereocenters. The first kappa shape index (κ1) is 10.5. The van der Waals surface area contributed by atoms with Crippen LogP contribution in [-0.4, -0.2) is 29.9 Å². The molecule has 0 amide bonds. The maximum absolute atomic E-state index is 11.1. The molecule has 0 aliphatic rings. The first-order chi connectivity index (χ1) is 5.95. The van der Waals surface area contributed by atoms with Gasteiger partial charge in [-0.3, -0.25) is 5.10 Å². The summed E-state index contributed by atoms with van der Waals surface area (Å²) in [4.78, 5) is 3.92. The third-order valence-electron chi connectivity index (χ3n) is 1.68. The number of alkyl halides is 1. The van der Waals surface area contributed by atoms with E-state index in [-0.39, 0.29) is 11.7 Å². The maximum Gasteiger partial charge on any atom is 0.168 e. The number of nitrogens with one attached hydrogen (secondary N) is 1. The number of halogens is 1. The van der Waals surface area contributed by atoms with Crippen molar-refractivity contribution in [3.8, 4) is 0 Å². The number of sulfone groups is 1. The quantitative estimate of drug-likeness (QED) is 0.764. The van der Waals surface area contributed by atoms with Crippen molar-refractivity contribution in [2.75, 3.05) is 6.26 Å². The lowest BCUT2D eigenvalue weighted by molar-refractivity contribution is 0.589. The van der Waals surface area contributed by atoms with Gasteiger partial charge in [-0.1, -0.05) is 0 Å². The van der Waals surface area contributed by atoms with Crippen LogP contribution in [0.2, 0.25) is 0 Å². The fourth-order valence-corrected chi connectivity index (χ4v) is 1.35. The van der Waals surface area contributed by atoms with Crippen molar-refractivity contribution in [1.82, 2.24) is 15.2 Å². The monoisotopic (exact) mass is 223 g/mol. The normalized spacial score (nSPS) is 14.4. The lowest BCUT2D eigenvalue weighted by Crippen LogP contribution is -2.09. The summed E-state index contributed by atoms with van der Waals surface area (Å²) >= 11 is 5.48. The number of H-pyrrole nitrogens is 1. The molecule has 1 aromatic rings. The van der Waals surface area contributed by atoms with E-state index in [0.29, 0.717) is 5.82 Å². The Balaban J connectivity index is 2.96. The second-order valence-electron chi connectivity index (χ2n) is 2.75. The molecule has 74 valence electrons. The molecular weight excluding hydrogens is 214 g/mol. The Hall–Kier alpha value is -0.620. The molecule has 0 spiro atoms. The van der Waals surface area contributed by atoms with E-state index in [1.54, 1.807) is 0 Å². The lowest BCUT2D eigenvalue weighted by atomic mass is 10.4. The van der Waals surface area contributed by atoms with Crippen molar-refractivity contribution in [2.24, 2.45) is 0 Å². The first-order valence-electron chi connectivity index (χ1n) is 3.61. The van der Waals surface area contributed by atoms with Gasteiger partial charge in [0.05, 0.1) is 5.88 Å². The van der Waals surface area contributed by atoms with Crippen molar-refractivity contribution in [2.45, 2.75) is 18.1 Å². The number of hydrogen-bond acceptors (Lipinski definition) is 4. The molecule has 1 aromatic heterocycles. The van der Waals surface area contributed by atoms with Gasteiger partial charge in [-0.15, -0.1) is 11.6 Å². The van der Waals surface area contributed by atoms with Crippen LogP contribution in [0.3, 0.4) is 0 Å². The van der Waals surface area contributed by atoms with Crippen molar-refractivity contribution in [3.05, 3.63) is 11.6 Å². The highest BCUT2D eigenvalue weighted by Gasteiger charge is 2.21. The van der Waals surface area contributed by atoms with Gasteiger partial charge in [0.25, 0.3) is 0 Å². The van der Waals surface area contributed by atoms with Gasteiger partial charge in [0.2, 0.25) is 0 Å². The summed E-state index contributed by atoms with van der Waals surface area (Å²) in [6.07, 6.45) is 1.15. The third-order valence-corrected chi connectivity index (χ3v) is 3.43. The van der Waals surface area contributed by atoms with Crippen molar-refractivity contribution >= 4 is 21.4 Å². The number of aromatic amines is 1. The smallest absolute Gasteiger partial charge is 0.168 e. The Morgan fingerprint density at radius 2 is 2.23 bits per heavy atom. The van der Waals surface area contributed by atoms with E-state index in [0.717, 1.165) is 6.26 Å². The number of hydrogen-bond donors (Lipinski definition) is 1. The highest BCUT2D eigenvalue weighted by atomic mass is 35.5. The average molecular weight is 224 g/mol. The molecule has 1 heterocycles. The molecule has 0 saturated carbocycles. The summed E-state index contributed by atoms with van der Waals surface area (Å²) in [6.45, 7) is 1.54. The summed E-state index contributed by atoms with van der Waals surface area (Å²) in [5.41, 5.74) is 0. The maximum atomic E-state index is 11.1. The molecule has 0 saturated heterocycles. The highest BCUT2D eigenvalue weighted by molar-refractivity contribution is 7.90. The molecule has 1 rings (SSSR count). The van der Waals surface area contributed by atoms with Crippen LogP contribution in [0.5, 0.6) is 0 Å². The zero-order chi connectivity index (χ0) is 10.1. The largest absolute Gasteiger partial charge is 0.262 e. The second kappa shape index (κ2) is 3.63. The molecule has 1 unspecified atom stereocenters. The summed E-state index contributed by atoms with van der Waals surface area (Å²) < 4.78 is 22.2. The van der Waals surface area contributed by atoms with Gasteiger partial charge in [-0.25, -0.2) is 13.4 Å². The zero-order valence-electron chi connectivity index (χ0n) is 7.28. The van der Waals surface area contributed by atoms with E-state index in [4.69, 9.17) is 11.6 Å². The minimum Gasteiger partial charge on any atom is -0.262 e. The van der Waals surface area contributed by atoms with Gasteiger partial charge >= 0.3 is 0 Å². The number of nitrogens with zero attached hydrogens (tertiary/aromatic N) is 2. The molecule has 13 heavy (non-hydrogen) atoms. The fourth-order valence-electron chi connectivity index (χ4n) is 0.743. The van der Waals surface area contributed by atoms with Crippen LogP contribution in [0.1, 0.15) is 23.8 Å². The van der Waals surface area contributed by atoms with Crippen LogP contribution < -0.4 is 0 Å². The van der Waals surface area contributed by atoms with E-state index in [2.05, 4.69) is 15.2 Å². The standard InChI is InChI=1S/C6H10ClN3O2S/c1-4(13(2,11)12)6-8-5(3-7)9-10-6/h4H,3H2,1-2H3,(H,8,9,10).